The van der Waals surface area contributed by atoms with Crippen molar-refractivity contribution in [2.24, 2.45) is 0 Å². The van der Waals surface area contributed by atoms with Crippen LogP contribution in [-0.4, -0.2) is 29.4 Å². The predicted molar refractivity (Wildman–Crippen MR) is 95.6 cm³/mol. The van der Waals surface area contributed by atoms with Gasteiger partial charge in [0, 0.05) is 5.56 Å². The molecule has 0 aliphatic rings. The summed E-state index contributed by atoms with van der Waals surface area (Å²) in [5, 5.41) is 9.91. The maximum atomic E-state index is 4.71. The molecular weight excluding hydrogens is 312 g/mol. The first-order valence-corrected chi connectivity index (χ1v) is 8.01. The minimum Gasteiger partial charge on any atom is -0.216 e. The number of hydrogen-bond donors (Lipinski definition) is 0. The third-order valence-electron chi connectivity index (χ3n) is 4.22. The van der Waals surface area contributed by atoms with Gasteiger partial charge in [-0.3, -0.25) is 0 Å². The summed E-state index contributed by atoms with van der Waals surface area (Å²) < 4.78 is 3.52. The van der Waals surface area contributed by atoms with E-state index in [9.17, 15) is 0 Å². The molecule has 0 aliphatic carbocycles. The molecule has 25 heavy (non-hydrogen) atoms. The molecule has 0 atom stereocenters. The Kier molecular flexibility index (Phi) is 2.90. The Labute approximate surface area is 143 Å². The number of rotatable bonds is 2. The van der Waals surface area contributed by atoms with Crippen molar-refractivity contribution < 1.29 is 0 Å². The molecule has 0 fully saturated rings. The van der Waals surface area contributed by atoms with Crippen LogP contribution in [-0.2, 0) is 0 Å². The number of fused-ring (bicyclic) bond motifs is 3. The van der Waals surface area contributed by atoms with Crippen molar-refractivity contribution in [2.45, 2.75) is 6.92 Å². The normalized spacial score (nSPS) is 11.4. The second-order valence-corrected chi connectivity index (χ2v) is 5.94. The molecule has 5 rings (SSSR count). The predicted octanol–water partition coefficient (Wildman–Crippen LogP) is 3.44. The smallest absolute Gasteiger partial charge is 0.182 e. The Morgan fingerprint density at radius 3 is 2.48 bits per heavy atom. The van der Waals surface area contributed by atoms with Gasteiger partial charge in [0.1, 0.15) is 6.33 Å². The molecule has 0 radical (unpaired) electrons. The molecule has 0 aliphatic heterocycles. The van der Waals surface area contributed by atoms with Crippen LogP contribution in [0.4, 0.5) is 0 Å². The molecule has 0 saturated carbocycles. The van der Waals surface area contributed by atoms with Crippen LogP contribution in [0.15, 0.2) is 67.1 Å². The van der Waals surface area contributed by atoms with Gasteiger partial charge >= 0.3 is 0 Å². The lowest BCUT2D eigenvalue weighted by Crippen LogP contribution is -1.98. The molecule has 6 nitrogen and oxygen atoms in total. The van der Waals surface area contributed by atoms with Gasteiger partial charge in [-0.05, 0) is 19.1 Å². The first kappa shape index (κ1) is 13.9. The topological polar surface area (TPSA) is 60.9 Å². The molecule has 0 unspecified atom stereocenters. The largest absolute Gasteiger partial charge is 0.216 e. The molecule has 3 heterocycles. The molecule has 0 amide bonds. The number of para-hydroxylation sites is 1. The maximum absolute atomic E-state index is 4.71. The molecule has 5 aromatic rings. The van der Waals surface area contributed by atoms with Crippen LogP contribution in [0.2, 0.25) is 0 Å². The first-order valence-electron chi connectivity index (χ1n) is 8.01. The van der Waals surface area contributed by atoms with Gasteiger partial charge in [0.25, 0.3) is 0 Å². The highest BCUT2D eigenvalue weighted by Crippen LogP contribution is 2.22. The van der Waals surface area contributed by atoms with Crippen molar-refractivity contribution in [3.05, 3.63) is 72.7 Å². The quantitative estimate of drug-likeness (QED) is 0.498. The van der Waals surface area contributed by atoms with E-state index < -0.39 is 0 Å². The van der Waals surface area contributed by atoms with Gasteiger partial charge in [-0.25, -0.2) is 19.2 Å². The lowest BCUT2D eigenvalue weighted by molar-refractivity contribution is 0.882. The third kappa shape index (κ3) is 2.19. The average molecular weight is 326 g/mol. The van der Waals surface area contributed by atoms with Crippen LogP contribution >= 0.6 is 0 Å². The van der Waals surface area contributed by atoms with Gasteiger partial charge in [-0.1, -0.05) is 48.0 Å². The molecule has 6 heteroatoms. The highest BCUT2D eigenvalue weighted by molar-refractivity contribution is 5.89. The zero-order valence-corrected chi connectivity index (χ0v) is 13.5. The summed E-state index contributed by atoms with van der Waals surface area (Å²) >= 11 is 0. The molecule has 0 saturated heterocycles. The van der Waals surface area contributed by atoms with E-state index in [1.807, 2.05) is 47.1 Å². The number of benzene rings is 2. The summed E-state index contributed by atoms with van der Waals surface area (Å²) in [5.74, 6) is 0.682. The van der Waals surface area contributed by atoms with Crippen LogP contribution in [0, 0.1) is 6.92 Å². The molecular formula is C19H14N6. The fourth-order valence-electron chi connectivity index (χ4n) is 2.90. The number of aromatic nitrogens is 6. The van der Waals surface area contributed by atoms with Crippen LogP contribution < -0.4 is 0 Å². The lowest BCUT2D eigenvalue weighted by Gasteiger charge is -2.01. The van der Waals surface area contributed by atoms with Gasteiger partial charge in [0.2, 0.25) is 0 Å². The van der Waals surface area contributed by atoms with Crippen molar-refractivity contribution >= 4 is 16.7 Å². The number of aryl methyl sites for hydroxylation is 1. The van der Waals surface area contributed by atoms with Gasteiger partial charge in [0.15, 0.2) is 17.1 Å². The van der Waals surface area contributed by atoms with Crippen molar-refractivity contribution in [3.8, 4) is 17.1 Å². The van der Waals surface area contributed by atoms with Crippen molar-refractivity contribution in [1.82, 2.24) is 29.4 Å². The van der Waals surface area contributed by atoms with Crippen molar-refractivity contribution in [1.29, 1.82) is 0 Å². The highest BCUT2D eigenvalue weighted by atomic mass is 15.3. The zero-order valence-electron chi connectivity index (χ0n) is 13.5. The molecule has 0 bridgehead atoms. The Morgan fingerprint density at radius 1 is 0.880 bits per heavy atom. The van der Waals surface area contributed by atoms with E-state index in [1.165, 1.54) is 5.56 Å². The zero-order chi connectivity index (χ0) is 16.8. The molecule has 120 valence electrons. The Morgan fingerprint density at radius 2 is 1.68 bits per heavy atom. The first-order chi connectivity index (χ1) is 12.3. The van der Waals surface area contributed by atoms with Crippen LogP contribution in [0.5, 0.6) is 0 Å². The standard InChI is InChI=1S/C19H14N6/c1-13-7-9-14(10-8-13)17-22-19-16-11-21-25(15-5-3-2-4-6-15)18(16)20-12-24(19)23-17/h2-12H,1H3. The van der Waals surface area contributed by atoms with E-state index in [2.05, 4.69) is 34.2 Å². The van der Waals surface area contributed by atoms with E-state index in [4.69, 9.17) is 4.98 Å². The summed E-state index contributed by atoms with van der Waals surface area (Å²) in [6, 6.07) is 18.1. The summed E-state index contributed by atoms with van der Waals surface area (Å²) in [7, 11) is 0. The monoisotopic (exact) mass is 326 g/mol. The second-order valence-electron chi connectivity index (χ2n) is 5.94. The molecule has 0 N–H and O–H groups in total. The van der Waals surface area contributed by atoms with Crippen molar-refractivity contribution in [3.63, 3.8) is 0 Å². The summed E-state index contributed by atoms with van der Waals surface area (Å²) in [6.45, 7) is 2.06. The fourth-order valence-corrected chi connectivity index (χ4v) is 2.90. The van der Waals surface area contributed by atoms with Crippen LogP contribution in [0.25, 0.3) is 33.8 Å². The van der Waals surface area contributed by atoms with E-state index >= 15 is 0 Å². The minimum atomic E-state index is 0.682. The SMILES string of the molecule is Cc1ccc(-c2nc3c4cnn(-c5ccccc5)c4ncn3n2)cc1. The Hall–Kier alpha value is -3.54. The molecule has 2 aromatic carbocycles. The number of nitrogens with zero attached hydrogens (tertiary/aromatic N) is 6. The fraction of sp³-hybridized carbons (Fsp3) is 0.0526. The van der Waals surface area contributed by atoms with Gasteiger partial charge in [-0.2, -0.15) is 5.10 Å². The Bertz CT molecular complexity index is 1190. The Balaban J connectivity index is 1.71. The molecule has 3 aromatic heterocycles. The van der Waals surface area contributed by atoms with Gasteiger partial charge < -0.3 is 0 Å². The summed E-state index contributed by atoms with van der Waals surface area (Å²) in [5.41, 5.74) is 4.68. The van der Waals surface area contributed by atoms with Gasteiger partial charge in [0.05, 0.1) is 17.3 Å². The average Bonchev–Trinajstić information content (AvgIpc) is 3.26. The van der Waals surface area contributed by atoms with Crippen molar-refractivity contribution in [2.75, 3.05) is 0 Å². The van der Waals surface area contributed by atoms with E-state index in [0.29, 0.717) is 5.82 Å². The minimum absolute atomic E-state index is 0.682. The lowest BCUT2D eigenvalue weighted by atomic mass is 10.1. The maximum Gasteiger partial charge on any atom is 0.182 e. The highest BCUT2D eigenvalue weighted by Gasteiger charge is 2.14. The second kappa shape index (κ2) is 5.24. The molecule has 0 spiro atoms. The summed E-state index contributed by atoms with van der Waals surface area (Å²) in [6.07, 6.45) is 3.47. The van der Waals surface area contributed by atoms with E-state index in [0.717, 1.165) is 27.9 Å². The number of hydrogen-bond acceptors (Lipinski definition) is 4. The summed E-state index contributed by atoms with van der Waals surface area (Å²) in [4.78, 5) is 9.23. The van der Waals surface area contributed by atoms with E-state index in [1.54, 1.807) is 17.0 Å². The third-order valence-corrected chi connectivity index (χ3v) is 4.22. The van der Waals surface area contributed by atoms with Crippen LogP contribution in [0.3, 0.4) is 0 Å². The van der Waals surface area contributed by atoms with Crippen LogP contribution in [0.1, 0.15) is 5.56 Å². The van der Waals surface area contributed by atoms with E-state index in [-0.39, 0.29) is 0 Å². The van der Waals surface area contributed by atoms with Gasteiger partial charge in [-0.15, -0.1) is 5.10 Å².